The molecule has 0 radical (unpaired) electrons. The molecule has 110 valence electrons. The average molecular weight is 314 g/mol. The lowest BCUT2D eigenvalue weighted by molar-refractivity contribution is -0.384. The second-order valence-corrected chi connectivity index (χ2v) is 5.00. The Bertz CT molecular complexity index is 1020. The number of nitro benzene ring substituents is 1. The zero-order valence-electron chi connectivity index (χ0n) is 11.5. The summed E-state index contributed by atoms with van der Waals surface area (Å²) < 4.78 is 3.09. The molecule has 0 fully saturated rings. The number of non-ortho nitro benzene ring substituents is 1. The number of nitrogens with zero attached hydrogens (tertiary/aromatic N) is 4. The molecular weight excluding hydrogens is 304 g/mol. The van der Waals surface area contributed by atoms with Gasteiger partial charge in [0.25, 0.3) is 11.2 Å². The van der Waals surface area contributed by atoms with Gasteiger partial charge in [0.05, 0.1) is 16.0 Å². The molecule has 0 bridgehead atoms. The van der Waals surface area contributed by atoms with Crippen LogP contribution >= 0.6 is 12.2 Å². The van der Waals surface area contributed by atoms with Gasteiger partial charge < -0.3 is 0 Å². The van der Waals surface area contributed by atoms with E-state index in [9.17, 15) is 14.9 Å². The van der Waals surface area contributed by atoms with E-state index in [0.29, 0.717) is 16.7 Å². The average Bonchev–Trinajstić information content (AvgIpc) is 2.53. The van der Waals surface area contributed by atoms with Crippen molar-refractivity contribution in [2.24, 2.45) is 7.05 Å². The van der Waals surface area contributed by atoms with Crippen molar-refractivity contribution in [2.45, 2.75) is 0 Å². The van der Waals surface area contributed by atoms with E-state index in [-0.39, 0.29) is 16.0 Å². The van der Waals surface area contributed by atoms with Crippen molar-refractivity contribution in [1.29, 1.82) is 0 Å². The molecule has 8 heteroatoms. The van der Waals surface area contributed by atoms with Crippen molar-refractivity contribution < 1.29 is 4.92 Å². The molecule has 7 nitrogen and oxygen atoms in total. The predicted molar refractivity (Wildman–Crippen MR) is 83.8 cm³/mol. The molecule has 0 unspecified atom stereocenters. The van der Waals surface area contributed by atoms with Crippen LogP contribution in [-0.2, 0) is 7.05 Å². The highest BCUT2D eigenvalue weighted by molar-refractivity contribution is 7.71. The van der Waals surface area contributed by atoms with Gasteiger partial charge in [0.2, 0.25) is 0 Å². The number of hydrogen-bond donors (Lipinski definition) is 0. The highest BCUT2D eigenvalue weighted by Crippen LogP contribution is 2.20. The molecule has 2 heterocycles. The molecule has 0 saturated heterocycles. The summed E-state index contributed by atoms with van der Waals surface area (Å²) in [5.74, 6) is 0. The number of hydrogen-bond acceptors (Lipinski definition) is 5. The van der Waals surface area contributed by atoms with Crippen LogP contribution in [0.4, 0.5) is 5.69 Å². The first-order chi connectivity index (χ1) is 10.5. The minimum absolute atomic E-state index is 0.0580. The first kappa shape index (κ1) is 14.1. The number of pyridine rings is 1. The van der Waals surface area contributed by atoms with Crippen LogP contribution in [0.1, 0.15) is 0 Å². The zero-order valence-corrected chi connectivity index (χ0v) is 12.3. The van der Waals surface area contributed by atoms with Gasteiger partial charge in [-0.2, -0.15) is 0 Å². The minimum Gasteiger partial charge on any atom is -0.287 e. The van der Waals surface area contributed by atoms with Gasteiger partial charge in [0.1, 0.15) is 0 Å². The van der Waals surface area contributed by atoms with Crippen molar-refractivity contribution in [2.75, 3.05) is 0 Å². The summed E-state index contributed by atoms with van der Waals surface area (Å²) in [7, 11) is 1.56. The quantitative estimate of drug-likeness (QED) is 0.412. The van der Waals surface area contributed by atoms with Crippen molar-refractivity contribution in [3.63, 3.8) is 0 Å². The summed E-state index contributed by atoms with van der Waals surface area (Å²) in [6.07, 6.45) is 1.55. The fourth-order valence-electron chi connectivity index (χ4n) is 2.23. The van der Waals surface area contributed by atoms with Crippen LogP contribution in [0, 0.1) is 14.9 Å². The molecule has 0 N–H and O–H groups in total. The Morgan fingerprint density at radius 1 is 1.27 bits per heavy atom. The highest BCUT2D eigenvalue weighted by Gasteiger charge is 2.13. The van der Waals surface area contributed by atoms with Gasteiger partial charge in [-0.05, 0) is 30.4 Å². The largest absolute Gasteiger partial charge is 0.287 e. The van der Waals surface area contributed by atoms with E-state index in [2.05, 4.69) is 4.98 Å². The molecule has 0 amide bonds. The summed E-state index contributed by atoms with van der Waals surface area (Å²) in [4.78, 5) is 26.9. The van der Waals surface area contributed by atoms with Crippen LogP contribution in [0.25, 0.3) is 16.7 Å². The topological polar surface area (TPSA) is 83.0 Å². The maximum atomic E-state index is 12.2. The summed E-state index contributed by atoms with van der Waals surface area (Å²) in [6, 6.07) is 9.34. The van der Waals surface area contributed by atoms with Crippen LogP contribution in [0.3, 0.4) is 0 Å². The molecule has 0 aliphatic carbocycles. The van der Waals surface area contributed by atoms with Crippen molar-refractivity contribution in [3.8, 4) is 5.69 Å². The monoisotopic (exact) mass is 314 g/mol. The van der Waals surface area contributed by atoms with Gasteiger partial charge in [-0.25, -0.2) is 4.98 Å². The van der Waals surface area contributed by atoms with E-state index in [1.807, 2.05) is 0 Å². The number of fused-ring (bicyclic) bond motifs is 1. The number of nitro groups is 1. The molecule has 0 aliphatic heterocycles. The first-order valence-electron chi connectivity index (χ1n) is 6.32. The summed E-state index contributed by atoms with van der Waals surface area (Å²) in [5, 5.41) is 11.3. The lowest BCUT2D eigenvalue weighted by Crippen LogP contribution is -2.22. The molecule has 0 spiro atoms. The maximum absolute atomic E-state index is 12.2. The number of benzene rings is 1. The molecule has 3 rings (SSSR count). The normalized spacial score (nSPS) is 10.8. The molecule has 0 saturated carbocycles. The van der Waals surface area contributed by atoms with Crippen molar-refractivity contribution in [1.82, 2.24) is 14.1 Å². The first-order valence-corrected chi connectivity index (χ1v) is 6.73. The molecule has 1 aromatic carbocycles. The number of aromatic nitrogens is 3. The fraction of sp³-hybridized carbons (Fsp3) is 0.0714. The summed E-state index contributed by atoms with van der Waals surface area (Å²) >= 11 is 5.32. The van der Waals surface area contributed by atoms with Crippen LogP contribution in [0.15, 0.2) is 47.4 Å². The van der Waals surface area contributed by atoms with Crippen LogP contribution in [0.5, 0.6) is 0 Å². The molecular formula is C14H10N4O3S. The third kappa shape index (κ3) is 2.09. The minimum atomic E-state index is -0.481. The predicted octanol–water partition coefficient (Wildman–Crippen LogP) is 2.36. The van der Waals surface area contributed by atoms with Crippen LogP contribution in [-0.4, -0.2) is 19.0 Å². The highest BCUT2D eigenvalue weighted by atomic mass is 32.1. The van der Waals surface area contributed by atoms with E-state index >= 15 is 0 Å². The van der Waals surface area contributed by atoms with Crippen molar-refractivity contribution >= 4 is 28.9 Å². The maximum Gasteiger partial charge on any atom is 0.271 e. The van der Waals surface area contributed by atoms with Gasteiger partial charge in [0.15, 0.2) is 10.4 Å². The Labute approximate surface area is 129 Å². The third-order valence-corrected chi connectivity index (χ3v) is 3.77. The van der Waals surface area contributed by atoms with Crippen LogP contribution < -0.4 is 5.56 Å². The third-order valence-electron chi connectivity index (χ3n) is 3.31. The van der Waals surface area contributed by atoms with E-state index in [1.54, 1.807) is 42.1 Å². The van der Waals surface area contributed by atoms with Gasteiger partial charge in [-0.15, -0.1) is 0 Å². The van der Waals surface area contributed by atoms with Crippen molar-refractivity contribution in [3.05, 3.63) is 67.8 Å². The Balaban J connectivity index is 2.46. The fourth-order valence-corrected chi connectivity index (χ4v) is 2.50. The lowest BCUT2D eigenvalue weighted by Gasteiger charge is -2.12. The van der Waals surface area contributed by atoms with E-state index in [1.165, 1.54) is 16.7 Å². The molecule has 0 atom stereocenters. The number of rotatable bonds is 2. The Hall–Kier alpha value is -2.87. The lowest BCUT2D eigenvalue weighted by atomic mass is 10.2. The van der Waals surface area contributed by atoms with Gasteiger partial charge in [-0.3, -0.25) is 24.0 Å². The van der Waals surface area contributed by atoms with Gasteiger partial charge in [-0.1, -0.05) is 6.07 Å². The molecule has 2 aromatic heterocycles. The summed E-state index contributed by atoms with van der Waals surface area (Å²) in [5.41, 5.74) is 0.543. The van der Waals surface area contributed by atoms with E-state index in [0.717, 1.165) is 0 Å². The van der Waals surface area contributed by atoms with Gasteiger partial charge in [0, 0.05) is 25.4 Å². The van der Waals surface area contributed by atoms with Gasteiger partial charge >= 0.3 is 0 Å². The van der Waals surface area contributed by atoms with E-state index < -0.39 is 4.92 Å². The van der Waals surface area contributed by atoms with E-state index in [4.69, 9.17) is 12.2 Å². The Morgan fingerprint density at radius 2 is 2.05 bits per heavy atom. The second-order valence-electron chi connectivity index (χ2n) is 4.63. The second kappa shape index (κ2) is 5.15. The Morgan fingerprint density at radius 3 is 2.77 bits per heavy atom. The standard InChI is InChI=1S/C14H10N4O3S/c1-16-13(19)11-6-3-7-15-12(11)17(14(16)22)9-4-2-5-10(8-9)18(20)21/h2-8H,1H3. The smallest absolute Gasteiger partial charge is 0.271 e. The van der Waals surface area contributed by atoms with Crippen LogP contribution in [0.2, 0.25) is 0 Å². The Kier molecular flexibility index (Phi) is 3.30. The molecule has 22 heavy (non-hydrogen) atoms. The molecule has 0 aliphatic rings. The zero-order chi connectivity index (χ0) is 15.9. The summed E-state index contributed by atoms with van der Waals surface area (Å²) in [6.45, 7) is 0. The SMILES string of the molecule is Cn1c(=O)c2cccnc2n(-c2cccc([N+](=O)[O-])c2)c1=S. The molecule has 3 aromatic rings.